The molecule has 0 radical (unpaired) electrons. The molecule has 0 amide bonds. The lowest BCUT2D eigenvalue weighted by molar-refractivity contribution is 0.607. The molecule has 0 spiro atoms. The maximum Gasteiger partial charge on any atom is 0.160 e. The Balaban J connectivity index is 1.34. The first-order chi connectivity index (χ1) is 18.6. The standard InChI is InChI=1S/C35H26N2S/c1-35(2)28-16-7-9-18-31(28)38-32-22-25(19-20-29(32)35)24-13-10-14-26(21-24)33-27-15-6-8-17-30(27)36-34(37-33)23-11-4-3-5-12-23/h3-22H,1-2H3. The van der Waals surface area contributed by atoms with Gasteiger partial charge in [0, 0.05) is 31.7 Å². The molecule has 0 saturated heterocycles. The third kappa shape index (κ3) is 3.82. The highest BCUT2D eigenvalue weighted by molar-refractivity contribution is 7.99. The van der Waals surface area contributed by atoms with Crippen LogP contribution in [0.4, 0.5) is 0 Å². The summed E-state index contributed by atoms with van der Waals surface area (Å²) in [4.78, 5) is 12.6. The van der Waals surface area contributed by atoms with Crippen molar-refractivity contribution in [2.75, 3.05) is 0 Å². The summed E-state index contributed by atoms with van der Waals surface area (Å²) in [6.07, 6.45) is 0. The fourth-order valence-corrected chi connectivity index (χ4v) is 6.93. The smallest absolute Gasteiger partial charge is 0.160 e. The molecule has 0 N–H and O–H groups in total. The second-order valence-electron chi connectivity index (χ2n) is 10.3. The fourth-order valence-electron chi connectivity index (χ4n) is 5.50. The molecule has 0 aliphatic carbocycles. The molecular formula is C35H26N2S. The minimum Gasteiger partial charge on any atom is -0.228 e. The summed E-state index contributed by atoms with van der Waals surface area (Å²) in [6, 6.07) is 42.9. The summed E-state index contributed by atoms with van der Waals surface area (Å²) in [5.74, 6) is 0.746. The maximum atomic E-state index is 5.08. The van der Waals surface area contributed by atoms with E-state index >= 15 is 0 Å². The molecule has 1 aliphatic rings. The van der Waals surface area contributed by atoms with Gasteiger partial charge in [0.25, 0.3) is 0 Å². The molecule has 0 bridgehead atoms. The lowest BCUT2D eigenvalue weighted by Gasteiger charge is -2.34. The van der Waals surface area contributed by atoms with Crippen LogP contribution < -0.4 is 0 Å². The first-order valence-corrected chi connectivity index (χ1v) is 13.7. The lowest BCUT2D eigenvalue weighted by Crippen LogP contribution is -2.23. The Hall–Kier alpha value is -4.21. The van der Waals surface area contributed by atoms with Gasteiger partial charge in [0.2, 0.25) is 0 Å². The van der Waals surface area contributed by atoms with E-state index in [4.69, 9.17) is 9.97 Å². The van der Waals surface area contributed by atoms with E-state index in [0.29, 0.717) is 0 Å². The van der Waals surface area contributed by atoms with Gasteiger partial charge in [0.15, 0.2) is 5.82 Å². The molecule has 2 nitrogen and oxygen atoms in total. The third-order valence-electron chi connectivity index (χ3n) is 7.54. The molecule has 1 aromatic heterocycles. The average Bonchev–Trinajstić information content (AvgIpc) is 2.97. The van der Waals surface area contributed by atoms with Gasteiger partial charge in [-0.15, -0.1) is 0 Å². The predicted molar refractivity (Wildman–Crippen MR) is 159 cm³/mol. The predicted octanol–water partition coefficient (Wildman–Crippen LogP) is 9.42. The van der Waals surface area contributed by atoms with Crippen molar-refractivity contribution in [3.63, 3.8) is 0 Å². The highest BCUT2D eigenvalue weighted by atomic mass is 32.2. The minimum atomic E-state index is -0.0226. The molecule has 3 heteroatoms. The summed E-state index contributed by atoms with van der Waals surface area (Å²) < 4.78 is 0. The highest BCUT2D eigenvalue weighted by Gasteiger charge is 2.32. The van der Waals surface area contributed by atoms with Gasteiger partial charge in [-0.2, -0.15) is 0 Å². The number of para-hydroxylation sites is 1. The van der Waals surface area contributed by atoms with Crippen LogP contribution >= 0.6 is 11.8 Å². The van der Waals surface area contributed by atoms with Crippen LogP contribution in [0.1, 0.15) is 25.0 Å². The second kappa shape index (κ2) is 8.97. The number of hydrogen-bond donors (Lipinski definition) is 0. The van der Waals surface area contributed by atoms with Crippen molar-refractivity contribution < 1.29 is 0 Å². The van der Waals surface area contributed by atoms with Crippen LogP contribution in [0.3, 0.4) is 0 Å². The van der Waals surface area contributed by atoms with E-state index in [-0.39, 0.29) is 5.41 Å². The van der Waals surface area contributed by atoms with E-state index in [9.17, 15) is 0 Å². The van der Waals surface area contributed by atoms with Gasteiger partial charge in [-0.25, -0.2) is 9.97 Å². The van der Waals surface area contributed by atoms with Crippen LogP contribution in [-0.2, 0) is 5.41 Å². The number of hydrogen-bond acceptors (Lipinski definition) is 3. The van der Waals surface area contributed by atoms with E-state index in [1.54, 1.807) is 0 Å². The molecule has 0 atom stereocenters. The first kappa shape index (κ1) is 22.9. The monoisotopic (exact) mass is 506 g/mol. The number of benzene rings is 5. The van der Waals surface area contributed by atoms with Crippen molar-refractivity contribution in [2.24, 2.45) is 0 Å². The van der Waals surface area contributed by atoms with Gasteiger partial charge in [-0.3, -0.25) is 0 Å². The lowest BCUT2D eigenvalue weighted by atomic mass is 9.77. The zero-order chi connectivity index (χ0) is 25.7. The van der Waals surface area contributed by atoms with E-state index < -0.39 is 0 Å². The Kier molecular flexibility index (Phi) is 5.41. The van der Waals surface area contributed by atoms with Gasteiger partial charge in [-0.05, 0) is 46.5 Å². The summed E-state index contributed by atoms with van der Waals surface area (Å²) in [5.41, 5.74) is 9.19. The van der Waals surface area contributed by atoms with Crippen molar-refractivity contribution in [3.8, 4) is 33.8 Å². The van der Waals surface area contributed by atoms with Crippen LogP contribution in [0.2, 0.25) is 0 Å². The SMILES string of the molecule is CC1(C)c2ccccc2Sc2cc(-c3cccc(-c4nc(-c5ccccc5)nc5ccccc45)c3)ccc21. The molecule has 0 fully saturated rings. The normalized spacial score (nSPS) is 13.6. The molecule has 38 heavy (non-hydrogen) atoms. The van der Waals surface area contributed by atoms with Crippen LogP contribution in [0, 0.1) is 0 Å². The minimum absolute atomic E-state index is 0.0226. The molecule has 6 aromatic rings. The van der Waals surface area contributed by atoms with Crippen molar-refractivity contribution in [1.82, 2.24) is 9.97 Å². The van der Waals surface area contributed by atoms with Gasteiger partial charge in [0.05, 0.1) is 11.2 Å². The van der Waals surface area contributed by atoms with Crippen molar-refractivity contribution in [2.45, 2.75) is 29.1 Å². The fraction of sp³-hybridized carbons (Fsp3) is 0.0857. The van der Waals surface area contributed by atoms with Crippen LogP contribution in [0.15, 0.2) is 131 Å². The van der Waals surface area contributed by atoms with Crippen LogP contribution in [-0.4, -0.2) is 9.97 Å². The molecule has 1 aliphatic heterocycles. The van der Waals surface area contributed by atoms with Gasteiger partial charge < -0.3 is 0 Å². The molecule has 7 rings (SSSR count). The zero-order valence-corrected chi connectivity index (χ0v) is 22.2. The van der Waals surface area contributed by atoms with Gasteiger partial charge in [0.1, 0.15) is 0 Å². The number of rotatable bonds is 3. The summed E-state index contributed by atoms with van der Waals surface area (Å²) in [5, 5.41) is 1.06. The van der Waals surface area contributed by atoms with Gasteiger partial charge >= 0.3 is 0 Å². The van der Waals surface area contributed by atoms with E-state index in [1.807, 2.05) is 36.0 Å². The largest absolute Gasteiger partial charge is 0.228 e. The molecule has 2 heterocycles. The van der Waals surface area contributed by atoms with E-state index in [1.165, 1.54) is 32.0 Å². The van der Waals surface area contributed by atoms with Crippen LogP contribution in [0.5, 0.6) is 0 Å². The number of nitrogens with zero attached hydrogens (tertiary/aromatic N) is 2. The Labute approximate surface area is 227 Å². The Morgan fingerprint density at radius 1 is 0.526 bits per heavy atom. The van der Waals surface area contributed by atoms with Gasteiger partial charge in [-0.1, -0.05) is 123 Å². The Bertz CT molecular complexity index is 1820. The number of aromatic nitrogens is 2. The summed E-state index contributed by atoms with van der Waals surface area (Å²) in [7, 11) is 0. The van der Waals surface area contributed by atoms with E-state index in [0.717, 1.165) is 33.5 Å². The summed E-state index contributed by atoms with van der Waals surface area (Å²) in [6.45, 7) is 4.66. The van der Waals surface area contributed by atoms with Crippen molar-refractivity contribution in [3.05, 3.63) is 132 Å². The molecule has 5 aromatic carbocycles. The quantitative estimate of drug-likeness (QED) is 0.239. The average molecular weight is 507 g/mol. The molecule has 0 unspecified atom stereocenters. The van der Waals surface area contributed by atoms with E-state index in [2.05, 4.69) is 111 Å². The second-order valence-corrected chi connectivity index (χ2v) is 11.4. The third-order valence-corrected chi connectivity index (χ3v) is 8.67. The highest BCUT2D eigenvalue weighted by Crippen LogP contribution is 2.49. The molecule has 182 valence electrons. The molecule has 0 saturated carbocycles. The number of fused-ring (bicyclic) bond motifs is 3. The summed E-state index contributed by atoms with van der Waals surface area (Å²) >= 11 is 1.88. The maximum absolute atomic E-state index is 5.08. The molecular weight excluding hydrogens is 480 g/mol. The topological polar surface area (TPSA) is 25.8 Å². The van der Waals surface area contributed by atoms with Crippen molar-refractivity contribution in [1.29, 1.82) is 0 Å². The first-order valence-electron chi connectivity index (χ1n) is 12.9. The Morgan fingerprint density at radius 2 is 1.21 bits per heavy atom. The van der Waals surface area contributed by atoms with Crippen molar-refractivity contribution >= 4 is 22.7 Å². The van der Waals surface area contributed by atoms with Crippen LogP contribution in [0.25, 0.3) is 44.7 Å². The Morgan fingerprint density at radius 3 is 2.11 bits per heavy atom. The zero-order valence-electron chi connectivity index (χ0n) is 21.3.